The van der Waals surface area contributed by atoms with Crippen molar-refractivity contribution in [3.63, 3.8) is 0 Å². The zero-order chi connectivity index (χ0) is 19.5. The molecule has 0 aliphatic heterocycles. The third-order valence-corrected chi connectivity index (χ3v) is 4.23. The topological polar surface area (TPSA) is 86.3 Å². The molecule has 2 aromatic carbocycles. The summed E-state index contributed by atoms with van der Waals surface area (Å²) < 4.78 is 10.8. The lowest BCUT2D eigenvalue weighted by Crippen LogP contribution is -2.07. The van der Waals surface area contributed by atoms with E-state index in [1.165, 1.54) is 17.3 Å². The standard InChI is InChI=1S/C20H23N3O3S/c1-3-19(24)26-17-11-10-16(12-18(17)25-4-2)13-22-23-20(21)27-14-15-8-6-5-7-9-15/h5-13H,3-4,14H2,1-2H3,(H2,21,23). The smallest absolute Gasteiger partial charge is 0.311 e. The highest BCUT2D eigenvalue weighted by atomic mass is 32.2. The number of nitrogens with two attached hydrogens (primary N) is 1. The van der Waals surface area contributed by atoms with Crippen LogP contribution < -0.4 is 15.2 Å². The number of carbonyl (C=O) groups is 1. The summed E-state index contributed by atoms with van der Waals surface area (Å²) >= 11 is 1.42. The average molecular weight is 385 g/mol. The maximum atomic E-state index is 11.5. The van der Waals surface area contributed by atoms with Crippen molar-refractivity contribution in [1.29, 1.82) is 0 Å². The molecule has 0 fully saturated rings. The molecule has 2 N–H and O–H groups in total. The fourth-order valence-electron chi connectivity index (χ4n) is 2.07. The second kappa shape index (κ2) is 11.0. The number of thioether (sulfide) groups is 1. The van der Waals surface area contributed by atoms with E-state index < -0.39 is 0 Å². The van der Waals surface area contributed by atoms with E-state index in [2.05, 4.69) is 10.2 Å². The van der Waals surface area contributed by atoms with Crippen LogP contribution in [0.3, 0.4) is 0 Å². The lowest BCUT2D eigenvalue weighted by molar-refractivity contribution is -0.134. The van der Waals surface area contributed by atoms with Crippen molar-refractivity contribution in [2.24, 2.45) is 15.9 Å². The number of esters is 1. The molecular formula is C20H23N3O3S. The lowest BCUT2D eigenvalue weighted by Gasteiger charge is -2.10. The van der Waals surface area contributed by atoms with Gasteiger partial charge in [-0.1, -0.05) is 49.0 Å². The van der Waals surface area contributed by atoms with Gasteiger partial charge in [0.2, 0.25) is 0 Å². The first kappa shape index (κ1) is 20.5. The second-order valence-corrected chi connectivity index (χ2v) is 6.42. The molecule has 0 bridgehead atoms. The van der Waals surface area contributed by atoms with Gasteiger partial charge in [0.25, 0.3) is 0 Å². The highest BCUT2D eigenvalue weighted by Crippen LogP contribution is 2.28. The van der Waals surface area contributed by atoms with Gasteiger partial charge in [0, 0.05) is 12.2 Å². The Bertz CT molecular complexity index is 807. The summed E-state index contributed by atoms with van der Waals surface area (Å²) in [5, 5.41) is 8.39. The third kappa shape index (κ3) is 7.15. The maximum Gasteiger partial charge on any atom is 0.311 e. The summed E-state index contributed by atoms with van der Waals surface area (Å²) in [5.41, 5.74) is 7.81. The minimum atomic E-state index is -0.315. The fraction of sp³-hybridized carbons (Fsp3) is 0.250. The van der Waals surface area contributed by atoms with Gasteiger partial charge in [-0.05, 0) is 36.2 Å². The van der Waals surface area contributed by atoms with Crippen LogP contribution in [0, 0.1) is 0 Å². The van der Waals surface area contributed by atoms with E-state index in [1.807, 2.05) is 37.3 Å². The summed E-state index contributed by atoms with van der Waals surface area (Å²) in [4.78, 5) is 11.5. The van der Waals surface area contributed by atoms with Crippen LogP contribution in [-0.2, 0) is 10.5 Å². The van der Waals surface area contributed by atoms with Crippen LogP contribution >= 0.6 is 11.8 Å². The molecular weight excluding hydrogens is 362 g/mol. The van der Waals surface area contributed by atoms with E-state index in [9.17, 15) is 4.79 Å². The first-order valence-electron chi connectivity index (χ1n) is 8.63. The minimum absolute atomic E-state index is 0.295. The van der Waals surface area contributed by atoms with Gasteiger partial charge in [-0.25, -0.2) is 0 Å². The first-order chi connectivity index (χ1) is 13.1. The average Bonchev–Trinajstić information content (AvgIpc) is 2.69. The van der Waals surface area contributed by atoms with Gasteiger partial charge < -0.3 is 15.2 Å². The van der Waals surface area contributed by atoms with Crippen molar-refractivity contribution < 1.29 is 14.3 Å². The van der Waals surface area contributed by atoms with Gasteiger partial charge in [0.05, 0.1) is 12.8 Å². The quantitative estimate of drug-likeness (QED) is 0.244. The van der Waals surface area contributed by atoms with E-state index in [-0.39, 0.29) is 5.97 Å². The molecule has 0 aromatic heterocycles. The van der Waals surface area contributed by atoms with Crippen LogP contribution in [0.25, 0.3) is 0 Å². The summed E-state index contributed by atoms with van der Waals surface area (Å²) in [5.74, 6) is 1.30. The number of carbonyl (C=O) groups excluding carboxylic acids is 1. The molecule has 0 saturated carbocycles. The molecule has 2 aromatic rings. The number of nitrogens with zero attached hydrogens (tertiary/aromatic N) is 2. The Hall–Kier alpha value is -2.80. The molecule has 142 valence electrons. The van der Waals surface area contributed by atoms with Gasteiger partial charge in [0.1, 0.15) is 0 Å². The van der Waals surface area contributed by atoms with Crippen LogP contribution in [0.2, 0.25) is 0 Å². The molecule has 7 heteroatoms. The van der Waals surface area contributed by atoms with Crippen molar-refractivity contribution >= 4 is 29.1 Å². The molecule has 0 unspecified atom stereocenters. The van der Waals surface area contributed by atoms with Crippen molar-refractivity contribution in [2.45, 2.75) is 26.0 Å². The molecule has 0 saturated heterocycles. The van der Waals surface area contributed by atoms with Crippen LogP contribution in [0.4, 0.5) is 0 Å². The van der Waals surface area contributed by atoms with Crippen molar-refractivity contribution in [3.05, 3.63) is 59.7 Å². The minimum Gasteiger partial charge on any atom is -0.490 e. The SMILES string of the molecule is CCOc1cc(C=NN=C(N)SCc2ccccc2)ccc1OC(=O)CC. The highest BCUT2D eigenvalue weighted by Gasteiger charge is 2.09. The van der Waals surface area contributed by atoms with Crippen LogP contribution in [-0.4, -0.2) is 24.0 Å². The zero-order valence-corrected chi connectivity index (χ0v) is 16.2. The van der Waals surface area contributed by atoms with Crippen molar-refractivity contribution in [2.75, 3.05) is 6.61 Å². The second-order valence-electron chi connectivity index (χ2n) is 5.42. The molecule has 0 radical (unpaired) electrons. The van der Waals surface area contributed by atoms with E-state index in [0.717, 1.165) is 11.3 Å². The van der Waals surface area contributed by atoms with Gasteiger partial charge in [-0.15, -0.1) is 5.10 Å². The zero-order valence-electron chi connectivity index (χ0n) is 15.4. The molecule has 0 aliphatic carbocycles. The Morgan fingerprint density at radius 2 is 1.93 bits per heavy atom. The Labute approximate surface area is 163 Å². The summed E-state index contributed by atoms with van der Waals surface area (Å²) in [6.07, 6.45) is 1.87. The highest BCUT2D eigenvalue weighted by molar-refractivity contribution is 8.13. The first-order valence-corrected chi connectivity index (χ1v) is 9.61. The number of hydrogen-bond acceptors (Lipinski definition) is 6. The molecule has 6 nitrogen and oxygen atoms in total. The Balaban J connectivity index is 2.00. The van der Waals surface area contributed by atoms with E-state index >= 15 is 0 Å². The molecule has 27 heavy (non-hydrogen) atoms. The molecule has 0 spiro atoms. The van der Waals surface area contributed by atoms with Gasteiger partial charge in [-0.3, -0.25) is 4.79 Å². The van der Waals surface area contributed by atoms with Gasteiger partial charge in [-0.2, -0.15) is 5.10 Å². The Morgan fingerprint density at radius 1 is 1.15 bits per heavy atom. The number of amidine groups is 1. The van der Waals surface area contributed by atoms with Crippen LogP contribution in [0.15, 0.2) is 58.7 Å². The molecule has 0 atom stereocenters. The number of benzene rings is 2. The normalized spacial score (nSPS) is 11.6. The molecule has 0 aliphatic rings. The van der Waals surface area contributed by atoms with Crippen molar-refractivity contribution in [1.82, 2.24) is 0 Å². The van der Waals surface area contributed by atoms with E-state index in [4.69, 9.17) is 15.2 Å². The Morgan fingerprint density at radius 3 is 2.63 bits per heavy atom. The predicted octanol–water partition coefficient (Wildman–Crippen LogP) is 3.98. The monoisotopic (exact) mass is 385 g/mol. The predicted molar refractivity (Wildman–Crippen MR) is 110 cm³/mol. The fourth-order valence-corrected chi connectivity index (χ4v) is 2.68. The Kier molecular flexibility index (Phi) is 8.38. The largest absolute Gasteiger partial charge is 0.490 e. The van der Waals surface area contributed by atoms with Gasteiger partial charge >= 0.3 is 5.97 Å². The number of hydrogen-bond donors (Lipinski definition) is 1. The summed E-state index contributed by atoms with van der Waals surface area (Å²) in [6, 6.07) is 15.2. The van der Waals surface area contributed by atoms with Crippen molar-refractivity contribution in [3.8, 4) is 11.5 Å². The van der Waals surface area contributed by atoms with E-state index in [1.54, 1.807) is 31.3 Å². The molecule has 0 amide bonds. The summed E-state index contributed by atoms with van der Waals surface area (Å²) in [6.45, 7) is 4.06. The van der Waals surface area contributed by atoms with Crippen LogP contribution in [0.5, 0.6) is 11.5 Å². The maximum absolute atomic E-state index is 11.5. The van der Waals surface area contributed by atoms with Gasteiger partial charge in [0.15, 0.2) is 16.7 Å². The lowest BCUT2D eigenvalue weighted by atomic mass is 10.2. The molecule has 0 heterocycles. The molecule has 2 rings (SSSR count). The van der Waals surface area contributed by atoms with E-state index in [0.29, 0.717) is 29.7 Å². The summed E-state index contributed by atoms with van der Waals surface area (Å²) in [7, 11) is 0. The number of ether oxygens (including phenoxy) is 2. The number of rotatable bonds is 8. The van der Waals surface area contributed by atoms with Crippen LogP contribution in [0.1, 0.15) is 31.4 Å². The third-order valence-electron chi connectivity index (χ3n) is 3.37.